The number of methoxy groups -OCH3 is 2. The maximum Gasteiger partial charge on any atom is 0.262 e. The van der Waals surface area contributed by atoms with Crippen molar-refractivity contribution in [1.82, 2.24) is 0 Å². The highest BCUT2D eigenvalue weighted by Crippen LogP contribution is 2.37. The second-order valence-corrected chi connectivity index (χ2v) is 9.22. The summed E-state index contributed by atoms with van der Waals surface area (Å²) < 4.78 is 45.3. The highest BCUT2D eigenvalue weighted by molar-refractivity contribution is 7.92. The van der Waals surface area contributed by atoms with E-state index >= 15 is 0 Å². The molecule has 1 unspecified atom stereocenters. The number of hydrogen-bond donors (Lipinski definition) is 1. The van der Waals surface area contributed by atoms with E-state index in [1.165, 1.54) is 26.4 Å². The topological polar surface area (TPSA) is 73.9 Å². The summed E-state index contributed by atoms with van der Waals surface area (Å²) >= 11 is 6.13. The molecule has 2 aromatic rings. The van der Waals surface area contributed by atoms with Crippen LogP contribution >= 0.6 is 11.6 Å². The van der Waals surface area contributed by atoms with Crippen molar-refractivity contribution in [2.75, 3.05) is 25.5 Å². The van der Waals surface area contributed by atoms with E-state index in [0.717, 1.165) is 31.2 Å². The lowest BCUT2D eigenvalue weighted by Crippen LogP contribution is -2.16. The van der Waals surface area contributed by atoms with Gasteiger partial charge in [-0.1, -0.05) is 43.1 Å². The van der Waals surface area contributed by atoms with Crippen LogP contribution in [-0.4, -0.2) is 35.3 Å². The minimum atomic E-state index is -3.85. The first-order valence-corrected chi connectivity index (χ1v) is 12.4. The number of benzene rings is 2. The summed E-state index contributed by atoms with van der Waals surface area (Å²) in [5, 5.41) is 0.332. The third-order valence-corrected chi connectivity index (χ3v) is 6.73. The first-order chi connectivity index (χ1) is 14.9. The predicted octanol–water partition coefficient (Wildman–Crippen LogP) is 5.69. The van der Waals surface area contributed by atoms with Gasteiger partial charge in [-0.2, -0.15) is 0 Å². The average molecular weight is 470 g/mol. The van der Waals surface area contributed by atoms with Crippen LogP contribution in [0.3, 0.4) is 0 Å². The molecule has 0 amide bonds. The van der Waals surface area contributed by atoms with Gasteiger partial charge in [0.2, 0.25) is 0 Å². The largest absolute Gasteiger partial charge is 0.495 e. The predicted molar refractivity (Wildman–Crippen MR) is 125 cm³/mol. The molecule has 2 rings (SSSR count). The Kier molecular flexibility index (Phi) is 9.93. The first kappa shape index (κ1) is 25.3. The minimum Gasteiger partial charge on any atom is -0.495 e. The molecular weight excluding hydrogens is 438 g/mol. The van der Waals surface area contributed by atoms with E-state index in [9.17, 15) is 8.42 Å². The van der Waals surface area contributed by atoms with Gasteiger partial charge in [-0.25, -0.2) is 8.42 Å². The van der Waals surface area contributed by atoms with Crippen LogP contribution in [0, 0.1) is 0 Å². The van der Waals surface area contributed by atoms with Crippen LogP contribution in [0.1, 0.15) is 45.1 Å². The lowest BCUT2D eigenvalue weighted by atomic mass is 10.0. The molecule has 0 saturated carbocycles. The van der Waals surface area contributed by atoms with Crippen LogP contribution in [0.15, 0.2) is 41.3 Å². The summed E-state index contributed by atoms with van der Waals surface area (Å²) in [6, 6.07) is 10.1. The van der Waals surface area contributed by atoms with Crippen LogP contribution in [0.2, 0.25) is 5.02 Å². The van der Waals surface area contributed by atoms with Gasteiger partial charge in [0.25, 0.3) is 10.0 Å². The van der Waals surface area contributed by atoms with Gasteiger partial charge in [0.1, 0.15) is 11.5 Å². The number of hydrogen-bond acceptors (Lipinski definition) is 5. The second kappa shape index (κ2) is 12.2. The van der Waals surface area contributed by atoms with Gasteiger partial charge in [-0.3, -0.25) is 4.72 Å². The lowest BCUT2D eigenvalue weighted by molar-refractivity contribution is 0.0489. The monoisotopic (exact) mass is 469 g/mol. The normalized spacial score (nSPS) is 12.4. The maximum atomic E-state index is 13.2. The van der Waals surface area contributed by atoms with Crippen molar-refractivity contribution in [2.45, 2.75) is 57.0 Å². The Morgan fingerprint density at radius 2 is 1.74 bits per heavy atom. The van der Waals surface area contributed by atoms with Crippen LogP contribution in [-0.2, 0) is 21.2 Å². The zero-order valence-corrected chi connectivity index (χ0v) is 20.2. The van der Waals surface area contributed by atoms with Gasteiger partial charge < -0.3 is 14.2 Å². The van der Waals surface area contributed by atoms with Crippen LogP contribution in [0.25, 0.3) is 0 Å². The Labute approximate surface area is 190 Å². The average Bonchev–Trinajstić information content (AvgIpc) is 2.75. The van der Waals surface area contributed by atoms with E-state index in [0.29, 0.717) is 29.5 Å². The number of nitrogens with one attached hydrogen (secondary N) is 1. The van der Waals surface area contributed by atoms with Crippen molar-refractivity contribution in [3.63, 3.8) is 0 Å². The van der Waals surface area contributed by atoms with E-state index in [4.69, 9.17) is 25.8 Å². The minimum absolute atomic E-state index is 0.211. The highest BCUT2D eigenvalue weighted by atomic mass is 35.5. The quantitative estimate of drug-likeness (QED) is 0.408. The highest BCUT2D eigenvalue weighted by Gasteiger charge is 2.21. The van der Waals surface area contributed by atoms with Crippen LogP contribution < -0.4 is 14.2 Å². The SMILES string of the molecule is CCCC(CCCc1ccccc1S(=O)(=O)Nc1cc(OC)c(Cl)cc1OC)OCC. The summed E-state index contributed by atoms with van der Waals surface area (Å²) in [5.74, 6) is 0.664. The van der Waals surface area contributed by atoms with E-state index in [1.54, 1.807) is 12.1 Å². The lowest BCUT2D eigenvalue weighted by Gasteiger charge is -2.18. The van der Waals surface area contributed by atoms with Crippen molar-refractivity contribution in [3.05, 3.63) is 47.0 Å². The third-order valence-electron chi connectivity index (χ3n) is 4.97. The van der Waals surface area contributed by atoms with Gasteiger partial charge in [0, 0.05) is 18.7 Å². The second-order valence-electron chi connectivity index (χ2n) is 7.16. The molecule has 6 nitrogen and oxygen atoms in total. The molecule has 1 N–H and O–H groups in total. The number of aryl methyl sites for hydroxylation is 1. The van der Waals surface area contributed by atoms with Crippen molar-refractivity contribution in [2.24, 2.45) is 0 Å². The fraction of sp³-hybridized carbons (Fsp3) is 0.478. The number of sulfonamides is 1. The van der Waals surface area contributed by atoms with E-state index in [1.807, 2.05) is 19.1 Å². The summed E-state index contributed by atoms with van der Waals surface area (Å²) in [4.78, 5) is 0.245. The molecule has 0 aliphatic rings. The molecule has 0 saturated heterocycles. The molecule has 2 aromatic carbocycles. The molecule has 1 atom stereocenters. The molecule has 0 aliphatic carbocycles. The maximum absolute atomic E-state index is 13.2. The van der Waals surface area contributed by atoms with Crippen LogP contribution in [0.4, 0.5) is 5.69 Å². The molecule has 0 aromatic heterocycles. The fourth-order valence-electron chi connectivity index (χ4n) is 3.50. The van der Waals surface area contributed by atoms with Crippen molar-refractivity contribution in [3.8, 4) is 11.5 Å². The molecule has 31 heavy (non-hydrogen) atoms. The molecule has 172 valence electrons. The standard InChI is InChI=1S/C23H32ClNO5S/c1-5-10-18(30-6-2)13-9-12-17-11-7-8-14-23(17)31(26,27)25-20-16-21(28-3)19(24)15-22(20)29-4/h7-8,11,14-16,18,25H,5-6,9-10,12-13H2,1-4H3. The Morgan fingerprint density at radius 1 is 1.03 bits per heavy atom. The summed E-state index contributed by atoms with van der Waals surface area (Å²) in [5.41, 5.74) is 1.03. The summed E-state index contributed by atoms with van der Waals surface area (Å²) in [6.07, 6.45) is 4.66. The summed E-state index contributed by atoms with van der Waals surface area (Å²) in [6.45, 7) is 4.82. The van der Waals surface area contributed by atoms with Gasteiger partial charge in [-0.15, -0.1) is 0 Å². The van der Waals surface area contributed by atoms with Crippen LogP contribution in [0.5, 0.6) is 11.5 Å². The zero-order chi connectivity index (χ0) is 22.9. The van der Waals surface area contributed by atoms with Gasteiger partial charge in [0.15, 0.2) is 0 Å². The van der Waals surface area contributed by atoms with E-state index < -0.39 is 10.0 Å². The molecule has 0 spiro atoms. The molecule has 0 radical (unpaired) electrons. The number of rotatable bonds is 13. The van der Waals surface area contributed by atoms with Gasteiger partial charge in [-0.05, 0) is 44.2 Å². The van der Waals surface area contributed by atoms with E-state index in [2.05, 4.69) is 11.6 Å². The van der Waals surface area contributed by atoms with Crippen molar-refractivity contribution in [1.29, 1.82) is 0 Å². The molecule has 8 heteroatoms. The molecule has 0 heterocycles. The first-order valence-electron chi connectivity index (χ1n) is 10.5. The molecule has 0 bridgehead atoms. The van der Waals surface area contributed by atoms with Crippen molar-refractivity contribution >= 4 is 27.3 Å². The Balaban J connectivity index is 2.23. The van der Waals surface area contributed by atoms with Gasteiger partial charge in [0.05, 0.1) is 35.9 Å². The molecule has 0 aliphatic heterocycles. The molecular formula is C23H32ClNO5S. The Morgan fingerprint density at radius 3 is 2.39 bits per heavy atom. The number of ether oxygens (including phenoxy) is 3. The zero-order valence-electron chi connectivity index (χ0n) is 18.6. The fourth-order valence-corrected chi connectivity index (χ4v) is 5.06. The number of anilines is 1. The van der Waals surface area contributed by atoms with Crippen molar-refractivity contribution < 1.29 is 22.6 Å². The third kappa shape index (κ3) is 7.02. The summed E-state index contributed by atoms with van der Waals surface area (Å²) in [7, 11) is -0.924. The van der Waals surface area contributed by atoms with E-state index in [-0.39, 0.29) is 16.7 Å². The number of halogens is 1. The van der Waals surface area contributed by atoms with Gasteiger partial charge >= 0.3 is 0 Å². The smallest absolute Gasteiger partial charge is 0.262 e. The Hall–Kier alpha value is -1.96. The Bertz CT molecular complexity index is 943. The molecule has 0 fully saturated rings.